The molecule has 7 heteroatoms. The number of aryl methyl sites for hydroxylation is 1. The lowest BCUT2D eigenvalue weighted by Crippen LogP contribution is -2.32. The van der Waals surface area contributed by atoms with Gasteiger partial charge in [0, 0.05) is 30.4 Å². The van der Waals surface area contributed by atoms with Crippen molar-refractivity contribution in [3.8, 4) is 17.1 Å². The molecule has 2 aromatic carbocycles. The van der Waals surface area contributed by atoms with Crippen molar-refractivity contribution in [2.45, 2.75) is 25.3 Å². The molecule has 0 saturated heterocycles. The summed E-state index contributed by atoms with van der Waals surface area (Å²) in [5.41, 5.74) is 1.72. The number of nitrogens with zero attached hydrogens (tertiary/aromatic N) is 2. The number of nitrogens with one attached hydrogen (secondary N) is 1. The van der Waals surface area contributed by atoms with Gasteiger partial charge < -0.3 is 14.6 Å². The summed E-state index contributed by atoms with van der Waals surface area (Å²) in [6.07, 6.45) is 1.39. The Balaban J connectivity index is 1.36. The van der Waals surface area contributed by atoms with Crippen LogP contribution >= 0.6 is 11.6 Å². The van der Waals surface area contributed by atoms with E-state index in [1.807, 2.05) is 42.5 Å². The quantitative estimate of drug-likeness (QED) is 0.721. The van der Waals surface area contributed by atoms with E-state index < -0.39 is 0 Å². The standard InChI is InChI=1S/C20H18ClN3O3/c21-15-7-3-1-5-13(15)20-23-19(27-24-20)10-9-18(25)22-16-11-12-26-17-8-4-2-6-14(16)17/h1-8,16H,9-12H2,(H,22,25). The van der Waals surface area contributed by atoms with Gasteiger partial charge in [0.2, 0.25) is 17.6 Å². The van der Waals surface area contributed by atoms with Crippen molar-refractivity contribution in [1.29, 1.82) is 0 Å². The maximum Gasteiger partial charge on any atom is 0.227 e. The van der Waals surface area contributed by atoms with Gasteiger partial charge in [-0.25, -0.2) is 0 Å². The third-order valence-corrected chi connectivity index (χ3v) is 4.77. The molecule has 1 unspecified atom stereocenters. The molecule has 1 aromatic heterocycles. The van der Waals surface area contributed by atoms with E-state index in [4.69, 9.17) is 20.9 Å². The van der Waals surface area contributed by atoms with Crippen LogP contribution in [0.3, 0.4) is 0 Å². The Morgan fingerprint density at radius 3 is 2.89 bits per heavy atom. The number of amides is 1. The number of carbonyl (C=O) groups is 1. The summed E-state index contributed by atoms with van der Waals surface area (Å²) in [7, 11) is 0. The van der Waals surface area contributed by atoms with E-state index in [0.717, 1.165) is 17.7 Å². The monoisotopic (exact) mass is 383 g/mol. The summed E-state index contributed by atoms with van der Waals surface area (Å²) in [4.78, 5) is 16.7. The van der Waals surface area contributed by atoms with Gasteiger partial charge in [-0.2, -0.15) is 4.98 Å². The van der Waals surface area contributed by atoms with Crippen molar-refractivity contribution in [2.24, 2.45) is 0 Å². The fourth-order valence-corrected chi connectivity index (χ4v) is 3.31. The second kappa shape index (κ2) is 7.80. The Bertz CT molecular complexity index is 957. The van der Waals surface area contributed by atoms with Crippen LogP contribution in [0.25, 0.3) is 11.4 Å². The Kier molecular flexibility index (Phi) is 5.07. The molecule has 1 amide bonds. The fraction of sp³-hybridized carbons (Fsp3) is 0.250. The Morgan fingerprint density at radius 1 is 1.19 bits per heavy atom. The number of ether oxygens (including phenoxy) is 1. The highest BCUT2D eigenvalue weighted by Gasteiger charge is 2.22. The van der Waals surface area contributed by atoms with Crippen molar-refractivity contribution in [3.63, 3.8) is 0 Å². The molecule has 0 aliphatic carbocycles. The van der Waals surface area contributed by atoms with Crippen LogP contribution in [-0.2, 0) is 11.2 Å². The van der Waals surface area contributed by atoms with Crippen molar-refractivity contribution in [1.82, 2.24) is 15.5 Å². The first-order valence-corrected chi connectivity index (χ1v) is 9.17. The molecule has 27 heavy (non-hydrogen) atoms. The third-order valence-electron chi connectivity index (χ3n) is 4.44. The average molecular weight is 384 g/mol. The minimum absolute atomic E-state index is 0.0381. The van der Waals surface area contributed by atoms with Crippen molar-refractivity contribution >= 4 is 17.5 Å². The maximum absolute atomic E-state index is 12.4. The first kappa shape index (κ1) is 17.5. The molecule has 0 spiro atoms. The molecule has 1 aliphatic heterocycles. The van der Waals surface area contributed by atoms with Crippen LogP contribution in [-0.4, -0.2) is 22.7 Å². The Hall–Kier alpha value is -2.86. The number of hydrogen-bond donors (Lipinski definition) is 1. The van der Waals surface area contributed by atoms with Crippen LogP contribution in [0.4, 0.5) is 0 Å². The van der Waals surface area contributed by atoms with Gasteiger partial charge in [-0.05, 0) is 18.2 Å². The van der Waals surface area contributed by atoms with E-state index in [1.165, 1.54) is 0 Å². The molecule has 6 nitrogen and oxygen atoms in total. The predicted molar refractivity (Wildman–Crippen MR) is 101 cm³/mol. The molecule has 1 N–H and O–H groups in total. The highest BCUT2D eigenvalue weighted by atomic mass is 35.5. The van der Waals surface area contributed by atoms with Crippen LogP contribution in [0.15, 0.2) is 53.1 Å². The summed E-state index contributed by atoms with van der Waals surface area (Å²) in [5.74, 6) is 1.60. The molecule has 2 heterocycles. The van der Waals surface area contributed by atoms with E-state index in [0.29, 0.717) is 35.3 Å². The van der Waals surface area contributed by atoms with Crippen LogP contribution < -0.4 is 10.1 Å². The lowest BCUT2D eigenvalue weighted by Gasteiger charge is -2.26. The molecule has 0 fully saturated rings. The maximum atomic E-state index is 12.4. The first-order chi connectivity index (χ1) is 13.2. The summed E-state index contributed by atoms with van der Waals surface area (Å²) >= 11 is 6.15. The number of aromatic nitrogens is 2. The normalized spacial score (nSPS) is 15.7. The fourth-order valence-electron chi connectivity index (χ4n) is 3.09. The largest absolute Gasteiger partial charge is 0.493 e. The van der Waals surface area contributed by atoms with Gasteiger partial charge in [-0.1, -0.05) is 47.1 Å². The number of halogens is 1. The summed E-state index contributed by atoms with van der Waals surface area (Å²) in [6, 6.07) is 15.0. The van der Waals surface area contributed by atoms with Gasteiger partial charge >= 0.3 is 0 Å². The summed E-state index contributed by atoms with van der Waals surface area (Å²) < 4.78 is 10.9. The lowest BCUT2D eigenvalue weighted by atomic mass is 10.0. The Labute approximate surface area is 161 Å². The molecule has 0 radical (unpaired) electrons. The van der Waals surface area contributed by atoms with Gasteiger partial charge in [0.05, 0.1) is 17.7 Å². The van der Waals surface area contributed by atoms with Gasteiger partial charge in [0.15, 0.2) is 0 Å². The van der Waals surface area contributed by atoms with Crippen molar-refractivity contribution in [2.75, 3.05) is 6.61 Å². The molecule has 1 aliphatic rings. The minimum Gasteiger partial charge on any atom is -0.493 e. The molecular formula is C20H18ClN3O3. The van der Waals surface area contributed by atoms with Gasteiger partial charge in [0.25, 0.3) is 0 Å². The van der Waals surface area contributed by atoms with E-state index in [1.54, 1.807) is 6.07 Å². The van der Waals surface area contributed by atoms with E-state index in [2.05, 4.69) is 15.5 Å². The minimum atomic E-state index is -0.0609. The molecule has 0 bridgehead atoms. The topological polar surface area (TPSA) is 77.2 Å². The van der Waals surface area contributed by atoms with Gasteiger partial charge in [0.1, 0.15) is 5.75 Å². The SMILES string of the molecule is O=C(CCc1nc(-c2ccccc2Cl)no1)NC1CCOc2ccccc21. The van der Waals surface area contributed by atoms with E-state index in [9.17, 15) is 4.79 Å². The number of rotatable bonds is 5. The second-order valence-electron chi connectivity index (χ2n) is 6.29. The smallest absolute Gasteiger partial charge is 0.227 e. The first-order valence-electron chi connectivity index (χ1n) is 8.79. The number of benzene rings is 2. The highest BCUT2D eigenvalue weighted by Crippen LogP contribution is 2.31. The van der Waals surface area contributed by atoms with E-state index >= 15 is 0 Å². The molecule has 138 valence electrons. The molecule has 3 aromatic rings. The average Bonchev–Trinajstić information content (AvgIpc) is 3.16. The predicted octanol–water partition coefficient (Wildman–Crippen LogP) is 3.96. The zero-order chi connectivity index (χ0) is 18.6. The zero-order valence-electron chi connectivity index (χ0n) is 14.5. The van der Waals surface area contributed by atoms with Crippen LogP contribution in [0.1, 0.15) is 30.3 Å². The zero-order valence-corrected chi connectivity index (χ0v) is 15.3. The van der Waals surface area contributed by atoms with Crippen LogP contribution in [0, 0.1) is 0 Å². The molecule has 4 rings (SSSR count). The van der Waals surface area contributed by atoms with E-state index in [-0.39, 0.29) is 18.4 Å². The third kappa shape index (κ3) is 3.95. The number of fused-ring (bicyclic) bond motifs is 1. The van der Waals surface area contributed by atoms with Crippen LogP contribution in [0.2, 0.25) is 5.02 Å². The number of para-hydroxylation sites is 1. The summed E-state index contributed by atoms with van der Waals surface area (Å²) in [5, 5.41) is 7.57. The van der Waals surface area contributed by atoms with Gasteiger partial charge in [-0.3, -0.25) is 4.79 Å². The van der Waals surface area contributed by atoms with Crippen molar-refractivity contribution < 1.29 is 14.1 Å². The summed E-state index contributed by atoms with van der Waals surface area (Å²) in [6.45, 7) is 0.590. The number of hydrogen-bond acceptors (Lipinski definition) is 5. The molecular weight excluding hydrogens is 366 g/mol. The van der Waals surface area contributed by atoms with Crippen molar-refractivity contribution in [3.05, 3.63) is 65.0 Å². The lowest BCUT2D eigenvalue weighted by molar-refractivity contribution is -0.122. The van der Waals surface area contributed by atoms with Crippen LogP contribution in [0.5, 0.6) is 5.75 Å². The highest BCUT2D eigenvalue weighted by molar-refractivity contribution is 6.33. The Morgan fingerprint density at radius 2 is 2.00 bits per heavy atom. The second-order valence-corrected chi connectivity index (χ2v) is 6.69. The molecule has 1 atom stereocenters. The van der Waals surface area contributed by atoms with Gasteiger partial charge in [-0.15, -0.1) is 0 Å². The number of carbonyl (C=O) groups excluding carboxylic acids is 1. The molecule has 0 saturated carbocycles.